The lowest BCUT2D eigenvalue weighted by Gasteiger charge is -2.38. The van der Waals surface area contributed by atoms with Crippen LogP contribution in [0.1, 0.15) is 16.9 Å². The van der Waals surface area contributed by atoms with Crippen LogP contribution in [0.15, 0.2) is 22.6 Å². The molecule has 0 unspecified atom stereocenters. The van der Waals surface area contributed by atoms with E-state index in [1.54, 1.807) is 0 Å². The van der Waals surface area contributed by atoms with E-state index in [0.29, 0.717) is 0 Å². The fourth-order valence-electron chi connectivity index (χ4n) is 3.09. The van der Waals surface area contributed by atoms with Crippen molar-refractivity contribution in [3.63, 3.8) is 0 Å². The largest absolute Gasteiger partial charge is 0.459 e. The van der Waals surface area contributed by atoms with E-state index in [0.717, 1.165) is 37.5 Å². The van der Waals surface area contributed by atoms with Crippen LogP contribution in [0.4, 0.5) is 0 Å². The van der Waals surface area contributed by atoms with Gasteiger partial charge in [-0.3, -0.25) is 9.80 Å². The van der Waals surface area contributed by atoms with Crippen molar-refractivity contribution in [3.8, 4) is 0 Å². The molecule has 1 fully saturated rings. The Morgan fingerprint density at radius 1 is 1.29 bits per heavy atom. The van der Waals surface area contributed by atoms with Gasteiger partial charge in [-0.1, -0.05) is 11.6 Å². The summed E-state index contributed by atoms with van der Waals surface area (Å²) in [6.45, 7) is 8.18. The summed E-state index contributed by atoms with van der Waals surface area (Å²) >= 11 is 0. The van der Waals surface area contributed by atoms with E-state index in [-0.39, 0.29) is 12.6 Å². The van der Waals surface area contributed by atoms with Crippen molar-refractivity contribution in [1.29, 1.82) is 0 Å². The molecule has 1 aromatic heterocycles. The summed E-state index contributed by atoms with van der Waals surface area (Å²) in [4.78, 5) is 4.60. The van der Waals surface area contributed by atoms with E-state index in [1.807, 2.05) is 0 Å². The molecule has 1 saturated heterocycles. The highest BCUT2D eigenvalue weighted by Crippen LogP contribution is 2.27. The lowest BCUT2D eigenvalue weighted by molar-refractivity contribution is 0.0509. The predicted molar refractivity (Wildman–Crippen MR) is 84.5 cm³/mol. The number of aliphatic hydroxyl groups excluding tert-OH is 1. The Hall–Kier alpha value is -1.36. The number of benzene rings is 1. The first-order chi connectivity index (χ1) is 10.1. The first kappa shape index (κ1) is 14.6. The maximum Gasteiger partial charge on any atom is 0.134 e. The van der Waals surface area contributed by atoms with Gasteiger partial charge in [-0.15, -0.1) is 0 Å². The second kappa shape index (κ2) is 5.79. The molecule has 1 aliphatic rings. The average molecular weight is 288 g/mol. The second-order valence-corrected chi connectivity index (χ2v) is 6.20. The van der Waals surface area contributed by atoms with Crippen molar-refractivity contribution >= 4 is 11.0 Å². The van der Waals surface area contributed by atoms with Crippen LogP contribution in [-0.4, -0.2) is 54.2 Å². The third-order valence-corrected chi connectivity index (χ3v) is 4.63. The lowest BCUT2D eigenvalue weighted by Crippen LogP contribution is -2.52. The maximum atomic E-state index is 9.45. The van der Waals surface area contributed by atoms with Crippen molar-refractivity contribution in [2.45, 2.75) is 26.4 Å². The van der Waals surface area contributed by atoms with E-state index >= 15 is 0 Å². The number of aryl methyl sites for hydroxylation is 2. The third-order valence-electron chi connectivity index (χ3n) is 4.63. The molecular formula is C17H24N2O2. The number of aliphatic hydroxyl groups is 1. The number of nitrogens with zero attached hydrogens (tertiary/aromatic N) is 2. The van der Waals surface area contributed by atoms with Crippen LogP contribution in [0.25, 0.3) is 11.0 Å². The van der Waals surface area contributed by atoms with Crippen LogP contribution in [0, 0.1) is 13.8 Å². The molecule has 21 heavy (non-hydrogen) atoms. The standard InChI is InChI=1S/C17H24N2O2/c1-12-4-5-16-15(8-12)13(2)17(21-16)10-19-7-6-18(3)14(9-19)11-20/h4-5,8,14,20H,6-7,9-11H2,1-3H3/t14-/m0/s1. The van der Waals surface area contributed by atoms with Crippen LogP contribution in [0.2, 0.25) is 0 Å². The first-order valence-corrected chi connectivity index (χ1v) is 7.60. The fraction of sp³-hybridized carbons (Fsp3) is 0.529. The van der Waals surface area contributed by atoms with E-state index < -0.39 is 0 Å². The highest BCUT2D eigenvalue weighted by atomic mass is 16.3. The molecule has 0 bridgehead atoms. The van der Waals surface area contributed by atoms with Gasteiger partial charge in [0.1, 0.15) is 11.3 Å². The van der Waals surface area contributed by atoms with Gasteiger partial charge in [0.05, 0.1) is 13.2 Å². The Labute approximate surface area is 125 Å². The molecule has 0 saturated carbocycles. The van der Waals surface area contributed by atoms with Crippen LogP contribution >= 0.6 is 0 Å². The SMILES string of the molecule is Cc1ccc2oc(CN3CCN(C)[C@H](CO)C3)c(C)c2c1. The minimum Gasteiger partial charge on any atom is -0.459 e. The van der Waals surface area contributed by atoms with Crippen LogP contribution in [0.3, 0.4) is 0 Å². The number of likely N-dealkylation sites (N-methyl/N-ethyl adjacent to an activating group) is 1. The minimum absolute atomic E-state index is 0.214. The summed E-state index contributed by atoms with van der Waals surface area (Å²) in [5.41, 5.74) is 3.48. The molecule has 114 valence electrons. The zero-order valence-corrected chi connectivity index (χ0v) is 13.1. The van der Waals surface area contributed by atoms with Gasteiger partial charge in [-0.25, -0.2) is 0 Å². The molecule has 0 amide bonds. The Morgan fingerprint density at radius 2 is 2.10 bits per heavy atom. The Kier molecular flexibility index (Phi) is 4.02. The first-order valence-electron chi connectivity index (χ1n) is 7.60. The Morgan fingerprint density at radius 3 is 2.86 bits per heavy atom. The molecule has 1 N–H and O–H groups in total. The number of hydrogen-bond acceptors (Lipinski definition) is 4. The quantitative estimate of drug-likeness (QED) is 0.939. The zero-order chi connectivity index (χ0) is 15.0. The van der Waals surface area contributed by atoms with Gasteiger partial charge in [-0.05, 0) is 38.6 Å². The van der Waals surface area contributed by atoms with E-state index in [9.17, 15) is 5.11 Å². The topological polar surface area (TPSA) is 39.9 Å². The van der Waals surface area contributed by atoms with Crippen molar-refractivity contribution in [2.75, 3.05) is 33.3 Å². The molecule has 3 rings (SSSR count). The molecule has 2 heterocycles. The normalized spacial score (nSPS) is 21.2. The smallest absolute Gasteiger partial charge is 0.134 e. The van der Waals surface area contributed by atoms with Gasteiger partial charge in [0.15, 0.2) is 0 Å². The molecule has 0 spiro atoms. The van der Waals surface area contributed by atoms with Crippen LogP contribution < -0.4 is 0 Å². The Balaban J connectivity index is 1.80. The molecule has 4 nitrogen and oxygen atoms in total. The van der Waals surface area contributed by atoms with Crippen LogP contribution in [-0.2, 0) is 6.54 Å². The minimum atomic E-state index is 0.214. The summed E-state index contributed by atoms with van der Waals surface area (Å²) in [6.07, 6.45) is 0. The van der Waals surface area contributed by atoms with E-state index in [4.69, 9.17) is 4.42 Å². The molecule has 4 heteroatoms. The van der Waals surface area contributed by atoms with Crippen LogP contribution in [0.5, 0.6) is 0 Å². The fourth-order valence-corrected chi connectivity index (χ4v) is 3.09. The number of rotatable bonds is 3. The highest BCUT2D eigenvalue weighted by molar-refractivity contribution is 5.82. The molecule has 1 atom stereocenters. The van der Waals surface area contributed by atoms with Gasteiger partial charge in [0, 0.05) is 31.1 Å². The Bertz CT molecular complexity index is 635. The van der Waals surface area contributed by atoms with Crippen molar-refractivity contribution in [2.24, 2.45) is 0 Å². The van der Waals surface area contributed by atoms with Gasteiger partial charge >= 0.3 is 0 Å². The van der Waals surface area contributed by atoms with Gasteiger partial charge < -0.3 is 9.52 Å². The van der Waals surface area contributed by atoms with Crippen molar-refractivity contribution < 1.29 is 9.52 Å². The van der Waals surface area contributed by atoms with Crippen molar-refractivity contribution in [1.82, 2.24) is 9.80 Å². The maximum absolute atomic E-state index is 9.45. The number of fused-ring (bicyclic) bond motifs is 1. The zero-order valence-electron chi connectivity index (χ0n) is 13.1. The monoisotopic (exact) mass is 288 g/mol. The van der Waals surface area contributed by atoms with Gasteiger partial charge in [-0.2, -0.15) is 0 Å². The number of furan rings is 1. The number of piperazine rings is 1. The van der Waals surface area contributed by atoms with E-state index in [2.05, 4.69) is 48.9 Å². The molecule has 0 aliphatic carbocycles. The molecule has 1 aliphatic heterocycles. The van der Waals surface area contributed by atoms with Crippen molar-refractivity contribution in [3.05, 3.63) is 35.1 Å². The van der Waals surface area contributed by atoms with Gasteiger partial charge in [0.2, 0.25) is 0 Å². The lowest BCUT2D eigenvalue weighted by atomic mass is 10.1. The van der Waals surface area contributed by atoms with E-state index in [1.165, 1.54) is 16.5 Å². The second-order valence-electron chi connectivity index (χ2n) is 6.20. The summed E-state index contributed by atoms with van der Waals surface area (Å²) in [5.74, 6) is 1.05. The predicted octanol–water partition coefficient (Wildman–Crippen LogP) is 2.16. The third kappa shape index (κ3) is 2.84. The molecule has 1 aromatic carbocycles. The summed E-state index contributed by atoms with van der Waals surface area (Å²) < 4.78 is 6.03. The summed E-state index contributed by atoms with van der Waals surface area (Å²) in [7, 11) is 2.08. The number of hydrogen-bond donors (Lipinski definition) is 1. The highest BCUT2D eigenvalue weighted by Gasteiger charge is 2.25. The molecule has 2 aromatic rings. The summed E-state index contributed by atoms with van der Waals surface area (Å²) in [6, 6.07) is 6.57. The molecule has 0 radical (unpaired) electrons. The molecular weight excluding hydrogens is 264 g/mol. The van der Waals surface area contributed by atoms with Gasteiger partial charge in [0.25, 0.3) is 0 Å². The average Bonchev–Trinajstić information content (AvgIpc) is 2.77. The summed E-state index contributed by atoms with van der Waals surface area (Å²) in [5, 5.41) is 10.7.